The van der Waals surface area contributed by atoms with Gasteiger partial charge in [-0.25, -0.2) is 9.67 Å². The zero-order valence-electron chi connectivity index (χ0n) is 12.4. The maximum atomic E-state index is 11.9. The van der Waals surface area contributed by atoms with Crippen LogP contribution in [0.4, 0.5) is 0 Å². The summed E-state index contributed by atoms with van der Waals surface area (Å²) in [7, 11) is 0. The summed E-state index contributed by atoms with van der Waals surface area (Å²) in [6, 6.07) is 11.1. The Morgan fingerprint density at radius 1 is 1.29 bits per heavy atom. The van der Waals surface area contributed by atoms with E-state index in [0.29, 0.717) is 0 Å². The van der Waals surface area contributed by atoms with Gasteiger partial charge in [-0.1, -0.05) is 30.3 Å². The van der Waals surface area contributed by atoms with Crippen molar-refractivity contribution in [2.24, 2.45) is 5.11 Å². The molecule has 0 aliphatic heterocycles. The van der Waals surface area contributed by atoms with Crippen LogP contribution in [0.1, 0.15) is 15.9 Å². The Bertz CT molecular complexity index is 887. The van der Waals surface area contributed by atoms with Gasteiger partial charge in [0.2, 0.25) is 5.88 Å². The number of amides is 1. The topological polar surface area (TPSA) is 119 Å². The number of ether oxygens (including phenoxy) is 1. The third-order valence-corrected chi connectivity index (χ3v) is 3.03. The van der Waals surface area contributed by atoms with Gasteiger partial charge in [-0.05, 0) is 22.3 Å². The van der Waals surface area contributed by atoms with Crippen LogP contribution in [0.5, 0.6) is 5.88 Å². The number of carbonyl (C=O) groups excluding carboxylic acids is 1. The fourth-order valence-corrected chi connectivity index (χ4v) is 1.93. The zero-order valence-corrected chi connectivity index (χ0v) is 12.4. The average molecular weight is 321 g/mol. The van der Waals surface area contributed by atoms with E-state index in [1.807, 2.05) is 30.3 Å². The summed E-state index contributed by atoms with van der Waals surface area (Å²) in [5.41, 5.74) is 9.33. The fraction of sp³-hybridized carbons (Fsp3) is 0.0667. The second kappa shape index (κ2) is 7.03. The van der Waals surface area contributed by atoms with Crippen LogP contribution in [0.3, 0.4) is 0 Å². The van der Waals surface area contributed by atoms with Crippen LogP contribution >= 0.6 is 0 Å². The second-order valence-corrected chi connectivity index (χ2v) is 4.61. The summed E-state index contributed by atoms with van der Waals surface area (Å²) < 4.78 is 7.06. The maximum Gasteiger partial charge on any atom is 0.256 e. The highest BCUT2D eigenvalue weighted by atomic mass is 16.5. The summed E-state index contributed by atoms with van der Waals surface area (Å²) >= 11 is 0. The minimum atomic E-state index is -0.812. The molecule has 0 fully saturated rings. The maximum absolute atomic E-state index is 11.9. The molecule has 0 bridgehead atoms. The Hall–Kier alpha value is -3.71. The van der Waals surface area contributed by atoms with Crippen molar-refractivity contribution in [3.8, 4) is 11.8 Å². The van der Waals surface area contributed by atoms with Crippen LogP contribution in [0, 0.1) is 0 Å². The number of hydrogen-bond donors (Lipinski definition) is 0. The largest absolute Gasteiger partial charge is 0.472 e. The lowest BCUT2D eigenvalue weighted by Gasteiger charge is -2.09. The number of nitrogens with zero attached hydrogens (tertiary/aromatic N) is 7. The molecular weight excluding hydrogens is 310 g/mol. The molecule has 0 aliphatic rings. The molecule has 24 heavy (non-hydrogen) atoms. The Balaban J connectivity index is 1.94. The van der Waals surface area contributed by atoms with Crippen LogP contribution < -0.4 is 4.74 Å². The molecule has 9 nitrogen and oxygen atoms in total. The SMILES string of the molecule is [N-]=[N+]=NC(=O)c1cnc(-n2cccn2)nc1OCc1ccccc1. The molecule has 1 aromatic carbocycles. The first kappa shape index (κ1) is 15.2. The molecule has 0 saturated carbocycles. The van der Waals surface area contributed by atoms with E-state index in [-0.39, 0.29) is 24.0 Å². The smallest absolute Gasteiger partial charge is 0.256 e. The molecule has 0 unspecified atom stereocenters. The standard InChI is InChI=1S/C15H11N7O2/c16-21-20-13(23)12-9-17-15(22-8-4-7-18-22)19-14(12)24-10-11-5-2-1-3-6-11/h1-9H,10H2. The van der Waals surface area contributed by atoms with Gasteiger partial charge in [0.25, 0.3) is 11.9 Å². The minimum Gasteiger partial charge on any atom is -0.472 e. The highest BCUT2D eigenvalue weighted by molar-refractivity contribution is 5.96. The monoisotopic (exact) mass is 321 g/mol. The molecule has 2 aromatic heterocycles. The van der Waals surface area contributed by atoms with Crippen molar-refractivity contribution >= 4 is 5.91 Å². The molecule has 2 heterocycles. The van der Waals surface area contributed by atoms with Crippen molar-refractivity contribution in [1.29, 1.82) is 0 Å². The first-order valence-electron chi connectivity index (χ1n) is 6.91. The molecule has 0 saturated heterocycles. The van der Waals surface area contributed by atoms with Crippen molar-refractivity contribution in [2.45, 2.75) is 6.61 Å². The molecule has 1 amide bonds. The van der Waals surface area contributed by atoms with E-state index in [0.717, 1.165) is 5.56 Å². The molecule has 3 rings (SSSR count). The highest BCUT2D eigenvalue weighted by Gasteiger charge is 2.16. The summed E-state index contributed by atoms with van der Waals surface area (Å²) in [6.07, 6.45) is 4.49. The first-order chi connectivity index (χ1) is 11.8. The van der Waals surface area contributed by atoms with Crippen LogP contribution in [0.2, 0.25) is 0 Å². The van der Waals surface area contributed by atoms with Crippen molar-refractivity contribution in [1.82, 2.24) is 19.7 Å². The lowest BCUT2D eigenvalue weighted by Crippen LogP contribution is -2.09. The summed E-state index contributed by atoms with van der Waals surface area (Å²) in [6.45, 7) is 0.201. The number of azide groups is 1. The van der Waals surface area contributed by atoms with Crippen molar-refractivity contribution in [3.63, 3.8) is 0 Å². The van der Waals surface area contributed by atoms with Gasteiger partial charge in [0.15, 0.2) is 0 Å². The quantitative estimate of drug-likeness (QED) is 0.406. The fourth-order valence-electron chi connectivity index (χ4n) is 1.93. The van der Waals surface area contributed by atoms with E-state index in [2.05, 4.69) is 25.1 Å². The van der Waals surface area contributed by atoms with Gasteiger partial charge >= 0.3 is 0 Å². The average Bonchev–Trinajstić information content (AvgIpc) is 3.15. The molecule has 118 valence electrons. The molecule has 0 spiro atoms. The number of carbonyl (C=O) groups is 1. The Labute approximate surface area is 136 Å². The molecule has 3 aromatic rings. The van der Waals surface area contributed by atoms with Gasteiger partial charge in [-0.2, -0.15) is 10.1 Å². The third-order valence-electron chi connectivity index (χ3n) is 3.03. The van der Waals surface area contributed by atoms with E-state index in [1.54, 1.807) is 18.5 Å². The van der Waals surface area contributed by atoms with Gasteiger partial charge < -0.3 is 4.74 Å². The van der Waals surface area contributed by atoms with Gasteiger partial charge in [0.1, 0.15) is 12.2 Å². The lowest BCUT2D eigenvalue weighted by atomic mass is 10.2. The van der Waals surface area contributed by atoms with Crippen molar-refractivity contribution in [2.75, 3.05) is 0 Å². The van der Waals surface area contributed by atoms with E-state index in [1.165, 1.54) is 10.9 Å². The minimum absolute atomic E-state index is 0.0142. The van der Waals surface area contributed by atoms with Crippen LogP contribution in [0.15, 0.2) is 60.1 Å². The molecule has 0 atom stereocenters. The van der Waals surface area contributed by atoms with E-state index in [4.69, 9.17) is 10.3 Å². The first-order valence-corrected chi connectivity index (χ1v) is 6.91. The van der Waals surface area contributed by atoms with Gasteiger partial charge in [0.05, 0.1) is 0 Å². The van der Waals surface area contributed by atoms with Crippen molar-refractivity contribution < 1.29 is 9.53 Å². The Morgan fingerprint density at radius 3 is 2.83 bits per heavy atom. The normalized spacial score (nSPS) is 10.0. The predicted octanol–water partition coefficient (Wildman–Crippen LogP) is 2.69. The predicted molar refractivity (Wildman–Crippen MR) is 83.4 cm³/mol. The molecule has 0 radical (unpaired) electrons. The van der Waals surface area contributed by atoms with Gasteiger partial charge in [0, 0.05) is 23.5 Å². The van der Waals surface area contributed by atoms with E-state index < -0.39 is 5.91 Å². The lowest BCUT2D eigenvalue weighted by molar-refractivity contribution is 0.0994. The third kappa shape index (κ3) is 3.37. The van der Waals surface area contributed by atoms with E-state index in [9.17, 15) is 4.79 Å². The summed E-state index contributed by atoms with van der Waals surface area (Å²) in [5.74, 6) is -0.551. The van der Waals surface area contributed by atoms with Crippen LogP contribution in [-0.2, 0) is 6.61 Å². The van der Waals surface area contributed by atoms with Gasteiger partial charge in [-0.15, -0.1) is 0 Å². The molecular formula is C15H11N7O2. The van der Waals surface area contributed by atoms with E-state index >= 15 is 0 Å². The zero-order chi connectivity index (χ0) is 16.8. The number of benzene rings is 1. The van der Waals surface area contributed by atoms with Crippen molar-refractivity contribution in [3.05, 3.63) is 76.6 Å². The summed E-state index contributed by atoms with van der Waals surface area (Å²) in [5, 5.41) is 7.09. The number of aromatic nitrogens is 4. The van der Waals surface area contributed by atoms with Crippen LogP contribution in [-0.4, -0.2) is 25.7 Å². The van der Waals surface area contributed by atoms with Crippen LogP contribution in [0.25, 0.3) is 16.4 Å². The Kier molecular flexibility index (Phi) is 4.45. The van der Waals surface area contributed by atoms with Gasteiger partial charge in [-0.3, -0.25) is 4.79 Å². The number of rotatable bonds is 5. The molecule has 0 N–H and O–H groups in total. The summed E-state index contributed by atoms with van der Waals surface area (Å²) in [4.78, 5) is 22.6. The number of hydrogen-bond acceptors (Lipinski definition) is 5. The molecule has 9 heteroatoms. The second-order valence-electron chi connectivity index (χ2n) is 4.61. The Morgan fingerprint density at radius 2 is 2.12 bits per heavy atom. The highest BCUT2D eigenvalue weighted by Crippen LogP contribution is 2.19. The molecule has 0 aliphatic carbocycles.